The summed E-state index contributed by atoms with van der Waals surface area (Å²) in [6.45, 7) is 0. The average Bonchev–Trinajstić information content (AvgIpc) is 3.47. The molecule has 5 nitrogen and oxygen atoms in total. The first-order valence-corrected chi connectivity index (χ1v) is 13.8. The minimum atomic E-state index is -1.10. The first-order chi connectivity index (χ1) is 18.0. The molecule has 0 spiro atoms. The molecular weight excluding hydrogens is 502 g/mol. The quantitative estimate of drug-likeness (QED) is 0.251. The van der Waals surface area contributed by atoms with Crippen molar-refractivity contribution in [3.8, 4) is 11.1 Å². The Balaban J connectivity index is 1.44. The Kier molecular flexibility index (Phi) is 9.29. The van der Waals surface area contributed by atoms with Gasteiger partial charge in [0.05, 0.1) is 5.92 Å². The topological polar surface area (TPSA) is 83.5 Å². The van der Waals surface area contributed by atoms with Gasteiger partial charge in [0, 0.05) is 17.7 Å². The number of amides is 1. The fourth-order valence-corrected chi connectivity index (χ4v) is 5.54. The van der Waals surface area contributed by atoms with Gasteiger partial charge in [0.1, 0.15) is 6.04 Å². The number of aliphatic carboxylic acids is 1. The zero-order valence-electron chi connectivity index (χ0n) is 20.1. The van der Waals surface area contributed by atoms with E-state index in [4.69, 9.17) is 0 Å². The van der Waals surface area contributed by atoms with Crippen molar-refractivity contribution in [3.05, 3.63) is 118 Å². The number of hydrogen-bond donors (Lipinski definition) is 2. The number of benzene rings is 3. The van der Waals surface area contributed by atoms with Crippen molar-refractivity contribution in [1.29, 1.82) is 0 Å². The lowest BCUT2D eigenvalue weighted by Gasteiger charge is -2.20. The van der Waals surface area contributed by atoms with Crippen LogP contribution >= 0.6 is 23.1 Å². The van der Waals surface area contributed by atoms with E-state index >= 15 is 0 Å². The molecule has 0 aliphatic heterocycles. The van der Waals surface area contributed by atoms with Crippen LogP contribution in [0.15, 0.2) is 102 Å². The first kappa shape index (κ1) is 26.4. The minimum absolute atomic E-state index is 0.119. The number of thiophene rings is 1. The fourth-order valence-electron chi connectivity index (χ4n) is 3.95. The van der Waals surface area contributed by atoms with Crippen LogP contribution in [0.3, 0.4) is 0 Å². The third kappa shape index (κ3) is 7.65. The molecule has 0 bridgehead atoms. The lowest BCUT2D eigenvalue weighted by molar-refractivity contribution is -0.142. The molecule has 0 aliphatic carbocycles. The zero-order valence-corrected chi connectivity index (χ0v) is 21.7. The molecule has 4 rings (SSSR count). The first-order valence-electron chi connectivity index (χ1n) is 11.9. The van der Waals surface area contributed by atoms with Crippen molar-refractivity contribution in [2.75, 3.05) is 5.75 Å². The Hall–Kier alpha value is -3.68. The molecule has 0 unspecified atom stereocenters. The van der Waals surface area contributed by atoms with Crippen LogP contribution in [0.5, 0.6) is 0 Å². The summed E-state index contributed by atoms with van der Waals surface area (Å²) in [4.78, 5) is 38.0. The minimum Gasteiger partial charge on any atom is -0.480 e. The molecule has 2 N–H and O–H groups in total. The smallest absolute Gasteiger partial charge is 0.326 e. The van der Waals surface area contributed by atoms with Crippen molar-refractivity contribution in [2.45, 2.75) is 18.9 Å². The summed E-state index contributed by atoms with van der Waals surface area (Å²) in [5, 5.41) is 16.5. The Morgan fingerprint density at radius 2 is 1.43 bits per heavy atom. The van der Waals surface area contributed by atoms with Gasteiger partial charge in [-0.3, -0.25) is 9.59 Å². The van der Waals surface area contributed by atoms with E-state index in [-0.39, 0.29) is 23.2 Å². The summed E-state index contributed by atoms with van der Waals surface area (Å²) in [6.07, 6.45) is 0.572. The molecular formula is C30H27NO4S2. The largest absolute Gasteiger partial charge is 0.480 e. The normalized spacial score (nSPS) is 12.4. The number of carboxylic acids is 1. The van der Waals surface area contributed by atoms with Crippen molar-refractivity contribution in [2.24, 2.45) is 5.92 Å². The summed E-state index contributed by atoms with van der Waals surface area (Å²) < 4.78 is 0. The van der Waals surface area contributed by atoms with Crippen LogP contribution in [0.2, 0.25) is 0 Å². The van der Waals surface area contributed by atoms with Crippen LogP contribution in [0.25, 0.3) is 11.1 Å². The van der Waals surface area contributed by atoms with Crippen molar-refractivity contribution >= 4 is 40.1 Å². The summed E-state index contributed by atoms with van der Waals surface area (Å²) >= 11 is 2.70. The molecule has 1 amide bonds. The molecule has 0 fully saturated rings. The lowest BCUT2D eigenvalue weighted by Crippen LogP contribution is -2.46. The van der Waals surface area contributed by atoms with Gasteiger partial charge in [-0.2, -0.15) is 11.3 Å². The molecule has 2 atom stereocenters. The van der Waals surface area contributed by atoms with Gasteiger partial charge in [-0.15, -0.1) is 0 Å². The van der Waals surface area contributed by atoms with Gasteiger partial charge in [-0.25, -0.2) is 4.79 Å². The van der Waals surface area contributed by atoms with Crippen LogP contribution in [0.1, 0.15) is 21.5 Å². The number of hydrogen-bond acceptors (Lipinski definition) is 5. The molecule has 0 radical (unpaired) electrons. The van der Waals surface area contributed by atoms with Crippen LogP contribution in [0.4, 0.5) is 0 Å². The van der Waals surface area contributed by atoms with Gasteiger partial charge in [0.25, 0.3) is 0 Å². The number of rotatable bonds is 11. The molecule has 0 aliphatic rings. The molecule has 4 aromatic rings. The van der Waals surface area contributed by atoms with Crippen molar-refractivity contribution < 1.29 is 19.5 Å². The van der Waals surface area contributed by atoms with E-state index in [0.29, 0.717) is 12.0 Å². The third-order valence-electron chi connectivity index (χ3n) is 5.98. The van der Waals surface area contributed by atoms with Gasteiger partial charge >= 0.3 is 5.97 Å². The van der Waals surface area contributed by atoms with Gasteiger partial charge in [0.15, 0.2) is 0 Å². The SMILES string of the molecule is O=C(SC[C@@H](Cc1ccccc1)C(=O)N[C@@H](Cc1ccc(-c2ccsc2)cc1)C(=O)O)c1ccccc1. The molecule has 1 aromatic heterocycles. The van der Waals surface area contributed by atoms with E-state index in [2.05, 4.69) is 10.7 Å². The Morgan fingerprint density at radius 1 is 0.784 bits per heavy atom. The van der Waals surface area contributed by atoms with E-state index in [1.54, 1.807) is 35.6 Å². The Morgan fingerprint density at radius 3 is 2.05 bits per heavy atom. The average molecular weight is 530 g/mol. The highest BCUT2D eigenvalue weighted by Gasteiger charge is 2.27. The van der Waals surface area contributed by atoms with E-state index < -0.39 is 17.9 Å². The summed E-state index contributed by atoms with van der Waals surface area (Å²) in [7, 11) is 0. The van der Waals surface area contributed by atoms with Crippen LogP contribution in [0, 0.1) is 5.92 Å². The van der Waals surface area contributed by atoms with Crippen LogP contribution < -0.4 is 5.32 Å². The monoisotopic (exact) mass is 529 g/mol. The van der Waals surface area contributed by atoms with Gasteiger partial charge in [0.2, 0.25) is 11.0 Å². The van der Waals surface area contributed by atoms with Crippen molar-refractivity contribution in [1.82, 2.24) is 5.32 Å². The summed E-state index contributed by atoms with van der Waals surface area (Å²) in [5.74, 6) is -1.79. The maximum atomic E-state index is 13.3. The molecule has 7 heteroatoms. The second-order valence-corrected chi connectivity index (χ2v) is 10.4. The number of thioether (sulfide) groups is 1. The van der Waals surface area contributed by atoms with Gasteiger partial charge in [-0.1, -0.05) is 96.7 Å². The highest BCUT2D eigenvalue weighted by Crippen LogP contribution is 2.23. The predicted molar refractivity (Wildman–Crippen MR) is 150 cm³/mol. The molecule has 3 aromatic carbocycles. The van der Waals surface area contributed by atoms with E-state index in [9.17, 15) is 19.5 Å². The lowest BCUT2D eigenvalue weighted by atomic mass is 9.98. The standard InChI is InChI=1S/C30H27NO4S2/c32-28(31-27(29(33)34)18-22-11-13-23(14-12-22)25-15-16-36-19-25)26(17-21-7-3-1-4-8-21)20-37-30(35)24-9-5-2-6-10-24/h1-16,19,26-27H,17-18,20H2,(H,31,32)(H,33,34)/t26-,27+/m1/s1. The third-order valence-corrected chi connectivity index (χ3v) is 7.73. The molecule has 0 saturated heterocycles. The maximum Gasteiger partial charge on any atom is 0.326 e. The van der Waals surface area contributed by atoms with E-state index in [1.165, 1.54) is 0 Å². The van der Waals surface area contributed by atoms with Crippen molar-refractivity contribution in [3.63, 3.8) is 0 Å². The van der Waals surface area contributed by atoms with E-state index in [0.717, 1.165) is 34.0 Å². The maximum absolute atomic E-state index is 13.3. The molecule has 188 valence electrons. The molecule has 1 heterocycles. The van der Waals surface area contributed by atoms with Gasteiger partial charge < -0.3 is 10.4 Å². The summed E-state index contributed by atoms with van der Waals surface area (Å²) in [6, 6.07) is 27.1. The number of nitrogens with one attached hydrogen (secondary N) is 1. The summed E-state index contributed by atoms with van der Waals surface area (Å²) in [5.41, 5.74) is 4.52. The molecule has 0 saturated carbocycles. The zero-order chi connectivity index (χ0) is 26.0. The van der Waals surface area contributed by atoms with E-state index in [1.807, 2.05) is 72.1 Å². The Bertz CT molecular complexity index is 1310. The fraction of sp³-hybridized carbons (Fsp3) is 0.167. The Labute approximate surface area is 224 Å². The number of carbonyl (C=O) groups is 3. The predicted octanol–water partition coefficient (Wildman–Crippen LogP) is 5.96. The highest BCUT2D eigenvalue weighted by atomic mass is 32.2. The molecule has 37 heavy (non-hydrogen) atoms. The van der Waals surface area contributed by atoms with Crippen LogP contribution in [-0.2, 0) is 22.4 Å². The number of carboxylic acid groups (broad SMARTS) is 1. The van der Waals surface area contributed by atoms with Gasteiger partial charge in [-0.05, 0) is 45.5 Å². The second-order valence-electron chi connectivity index (χ2n) is 8.66. The number of carbonyl (C=O) groups excluding carboxylic acids is 2. The van der Waals surface area contributed by atoms with Crippen LogP contribution in [-0.4, -0.2) is 33.9 Å². The second kappa shape index (κ2) is 13.0. The highest BCUT2D eigenvalue weighted by molar-refractivity contribution is 8.14.